The zero-order valence-corrected chi connectivity index (χ0v) is 32.4. The second kappa shape index (κ2) is 12.4. The van der Waals surface area contributed by atoms with Gasteiger partial charge in [-0.1, -0.05) is 133 Å². The van der Waals surface area contributed by atoms with E-state index in [1.807, 2.05) is 11.3 Å². The van der Waals surface area contributed by atoms with Gasteiger partial charge in [0.25, 0.3) is 0 Å². The molecule has 6 heteroatoms. The SMILES string of the molecule is c1ccc2cc(-c3nc(-c4ccc(-n5c6ccccc6c6cc7ccccc7cc65)c5sc6ccccc6c45)nc(-n4c5ccccc5c5ccccc54)n3)ccc2c1. The summed E-state index contributed by atoms with van der Waals surface area (Å²) in [6.07, 6.45) is 0. The van der Waals surface area contributed by atoms with E-state index in [-0.39, 0.29) is 0 Å². The van der Waals surface area contributed by atoms with E-state index in [2.05, 4.69) is 197 Å². The van der Waals surface area contributed by atoms with Crippen LogP contribution in [0.25, 0.3) is 120 Å². The number of thiophene rings is 1. The molecular weight excluding hydrogens is 739 g/mol. The van der Waals surface area contributed by atoms with Gasteiger partial charge in [-0.05, 0) is 76.1 Å². The molecule has 13 rings (SSSR count). The molecule has 0 unspecified atom stereocenters. The molecule has 0 atom stereocenters. The molecule has 4 heterocycles. The Balaban J connectivity index is 1.13. The van der Waals surface area contributed by atoms with Crippen molar-refractivity contribution in [2.24, 2.45) is 0 Å². The third-order valence-electron chi connectivity index (χ3n) is 11.9. The lowest BCUT2D eigenvalue weighted by molar-refractivity contribution is 0.954. The van der Waals surface area contributed by atoms with Crippen molar-refractivity contribution in [3.8, 4) is 34.4 Å². The Morgan fingerprint density at radius 3 is 1.66 bits per heavy atom. The molecule has 0 aliphatic carbocycles. The third kappa shape index (κ3) is 4.81. The zero-order valence-electron chi connectivity index (χ0n) is 31.5. The Hall–Kier alpha value is -7.67. The fourth-order valence-electron chi connectivity index (χ4n) is 9.27. The molecule has 0 aliphatic heterocycles. The van der Waals surface area contributed by atoms with E-state index in [0.717, 1.165) is 49.4 Å². The van der Waals surface area contributed by atoms with Gasteiger partial charge in [0.1, 0.15) is 0 Å². The van der Waals surface area contributed by atoms with Gasteiger partial charge in [0.2, 0.25) is 5.95 Å². The van der Waals surface area contributed by atoms with Gasteiger partial charge in [0.15, 0.2) is 11.6 Å². The predicted octanol–water partition coefficient (Wildman–Crippen LogP) is 14.1. The lowest BCUT2D eigenvalue weighted by atomic mass is 10.0. The average molecular weight is 770 g/mol. The van der Waals surface area contributed by atoms with Crippen molar-refractivity contribution >= 4 is 96.7 Å². The molecule has 0 aliphatic rings. The predicted molar refractivity (Wildman–Crippen MR) is 247 cm³/mol. The highest BCUT2D eigenvalue weighted by Crippen LogP contribution is 2.45. The summed E-state index contributed by atoms with van der Waals surface area (Å²) in [6, 6.07) is 67.3. The van der Waals surface area contributed by atoms with Crippen molar-refractivity contribution in [2.45, 2.75) is 0 Å². The molecule has 13 aromatic rings. The van der Waals surface area contributed by atoms with Crippen LogP contribution in [0.5, 0.6) is 0 Å². The van der Waals surface area contributed by atoms with Gasteiger partial charge in [0, 0.05) is 48.1 Å². The smallest absolute Gasteiger partial charge is 0.238 e. The monoisotopic (exact) mass is 769 g/mol. The first kappa shape index (κ1) is 32.4. The van der Waals surface area contributed by atoms with Crippen molar-refractivity contribution in [1.82, 2.24) is 24.1 Å². The second-order valence-corrected chi connectivity index (χ2v) is 16.3. The van der Waals surface area contributed by atoms with Crippen molar-refractivity contribution in [3.63, 3.8) is 0 Å². The van der Waals surface area contributed by atoms with Crippen LogP contribution in [0, 0.1) is 0 Å². The summed E-state index contributed by atoms with van der Waals surface area (Å²) in [4.78, 5) is 16.1. The standard InChI is InChI=1S/C53H31N5S/c1-2-14-33-29-36(26-25-32(33)13-1)51-54-52(56-53(55-51)58-44-22-10-5-17-37(44)38-18-6-11-23-45(38)58)41-27-28-46(50-49(41)40-20-8-12-24-48(40)59-50)57-43-21-9-7-19-39(43)42-30-34-15-3-4-16-35(34)31-47(42)57/h1-31H. The maximum absolute atomic E-state index is 5.44. The minimum absolute atomic E-state index is 0.585. The first-order chi connectivity index (χ1) is 29.2. The fourth-order valence-corrected chi connectivity index (χ4v) is 10.5. The number of hydrogen-bond acceptors (Lipinski definition) is 4. The van der Waals surface area contributed by atoms with Crippen LogP contribution in [0.3, 0.4) is 0 Å². The molecule has 0 fully saturated rings. The highest BCUT2D eigenvalue weighted by molar-refractivity contribution is 7.26. The summed E-state index contributed by atoms with van der Waals surface area (Å²) in [7, 11) is 0. The number of benzene rings is 9. The molecule has 0 radical (unpaired) electrons. The molecular formula is C53H31N5S. The van der Waals surface area contributed by atoms with Crippen molar-refractivity contribution in [1.29, 1.82) is 0 Å². The van der Waals surface area contributed by atoms with Gasteiger partial charge >= 0.3 is 0 Å². The van der Waals surface area contributed by atoms with Crippen LogP contribution in [-0.2, 0) is 0 Å². The molecule has 4 aromatic heterocycles. The van der Waals surface area contributed by atoms with Gasteiger partial charge in [-0.2, -0.15) is 9.97 Å². The van der Waals surface area contributed by atoms with E-state index < -0.39 is 0 Å². The van der Waals surface area contributed by atoms with Crippen LogP contribution in [0.4, 0.5) is 0 Å². The Bertz CT molecular complexity index is 3820. The number of nitrogens with zero attached hydrogens (tertiary/aromatic N) is 5. The topological polar surface area (TPSA) is 48.5 Å². The Kier molecular flexibility index (Phi) is 6.82. The molecule has 9 aromatic carbocycles. The summed E-state index contributed by atoms with van der Waals surface area (Å²) in [5.41, 5.74) is 7.51. The highest BCUT2D eigenvalue weighted by atomic mass is 32.1. The van der Waals surface area contributed by atoms with Gasteiger partial charge in [0.05, 0.1) is 32.5 Å². The Morgan fingerprint density at radius 2 is 0.932 bits per heavy atom. The van der Waals surface area contributed by atoms with Crippen LogP contribution in [-0.4, -0.2) is 24.1 Å². The van der Waals surface area contributed by atoms with Crippen molar-refractivity contribution in [2.75, 3.05) is 0 Å². The number of rotatable bonds is 4. The summed E-state index contributed by atoms with van der Waals surface area (Å²) < 4.78 is 7.05. The minimum atomic E-state index is 0.585. The van der Waals surface area contributed by atoms with Crippen molar-refractivity contribution < 1.29 is 0 Å². The lowest BCUT2D eigenvalue weighted by Gasteiger charge is -2.14. The first-order valence-electron chi connectivity index (χ1n) is 19.9. The summed E-state index contributed by atoms with van der Waals surface area (Å²) >= 11 is 1.83. The molecule has 59 heavy (non-hydrogen) atoms. The number of fused-ring (bicyclic) bond motifs is 11. The van der Waals surface area contributed by atoms with E-state index >= 15 is 0 Å². The van der Waals surface area contributed by atoms with Gasteiger partial charge in [-0.25, -0.2) is 4.98 Å². The average Bonchev–Trinajstić information content (AvgIpc) is 3.96. The van der Waals surface area contributed by atoms with E-state index in [0.29, 0.717) is 17.6 Å². The van der Waals surface area contributed by atoms with Crippen LogP contribution in [0.15, 0.2) is 188 Å². The normalized spacial score (nSPS) is 12.1. The van der Waals surface area contributed by atoms with Crippen LogP contribution < -0.4 is 0 Å². The summed E-state index contributed by atoms with van der Waals surface area (Å²) in [5, 5.41) is 11.9. The van der Waals surface area contributed by atoms with Gasteiger partial charge < -0.3 is 4.57 Å². The number of para-hydroxylation sites is 3. The van der Waals surface area contributed by atoms with E-state index in [4.69, 9.17) is 15.0 Å². The molecule has 0 amide bonds. The van der Waals surface area contributed by atoms with Crippen molar-refractivity contribution in [3.05, 3.63) is 188 Å². The lowest BCUT2D eigenvalue weighted by Crippen LogP contribution is -2.06. The minimum Gasteiger partial charge on any atom is -0.308 e. The fraction of sp³-hybridized carbons (Fsp3) is 0. The van der Waals surface area contributed by atoms with Gasteiger partial charge in [-0.15, -0.1) is 11.3 Å². The molecule has 0 spiro atoms. The largest absolute Gasteiger partial charge is 0.308 e. The third-order valence-corrected chi connectivity index (χ3v) is 13.1. The number of hydrogen-bond donors (Lipinski definition) is 0. The van der Waals surface area contributed by atoms with E-state index in [9.17, 15) is 0 Å². The van der Waals surface area contributed by atoms with E-state index in [1.165, 1.54) is 52.8 Å². The van der Waals surface area contributed by atoms with Crippen LogP contribution in [0.2, 0.25) is 0 Å². The Morgan fingerprint density at radius 1 is 0.373 bits per heavy atom. The van der Waals surface area contributed by atoms with Gasteiger partial charge in [-0.3, -0.25) is 4.57 Å². The second-order valence-electron chi connectivity index (χ2n) is 15.2. The maximum Gasteiger partial charge on any atom is 0.238 e. The summed E-state index contributed by atoms with van der Waals surface area (Å²) in [5.74, 6) is 1.85. The Labute approximate surface area is 341 Å². The number of aromatic nitrogens is 5. The molecule has 0 saturated heterocycles. The van der Waals surface area contributed by atoms with Crippen LogP contribution >= 0.6 is 11.3 Å². The highest BCUT2D eigenvalue weighted by Gasteiger charge is 2.23. The quantitative estimate of drug-likeness (QED) is 0.179. The molecule has 0 bridgehead atoms. The molecule has 0 saturated carbocycles. The maximum atomic E-state index is 5.44. The molecule has 0 N–H and O–H groups in total. The van der Waals surface area contributed by atoms with Crippen LogP contribution in [0.1, 0.15) is 0 Å². The summed E-state index contributed by atoms with van der Waals surface area (Å²) in [6.45, 7) is 0. The molecule has 5 nitrogen and oxygen atoms in total. The van der Waals surface area contributed by atoms with E-state index in [1.54, 1.807) is 0 Å². The first-order valence-corrected chi connectivity index (χ1v) is 20.7. The molecule has 274 valence electrons. The zero-order chi connectivity index (χ0) is 38.6.